The number of likely N-dealkylation sites (N-methyl/N-ethyl adjacent to an activating group) is 1. The molecule has 2 rings (SSSR count). The molecular weight excluding hydrogens is 270 g/mol. The Morgan fingerprint density at radius 2 is 1.95 bits per heavy atom. The van der Waals surface area contributed by atoms with Gasteiger partial charge in [-0.05, 0) is 39.8 Å². The van der Waals surface area contributed by atoms with E-state index >= 15 is 0 Å². The van der Waals surface area contributed by atoms with E-state index in [0.717, 1.165) is 38.8 Å². The molecule has 1 saturated heterocycles. The Morgan fingerprint density at radius 1 is 1.29 bits per heavy atom. The fourth-order valence-electron chi connectivity index (χ4n) is 3.44. The minimum Gasteiger partial charge on any atom is -0.481 e. The number of urea groups is 1. The maximum absolute atomic E-state index is 12.3. The number of piperidine rings is 1. The molecular formula is C15H27N3O3. The van der Waals surface area contributed by atoms with Gasteiger partial charge >= 0.3 is 12.0 Å². The Bertz CT molecular complexity index is 392. The first kappa shape index (κ1) is 16.1. The number of hydrogen-bond acceptors (Lipinski definition) is 3. The summed E-state index contributed by atoms with van der Waals surface area (Å²) in [5.74, 6) is -0.773. The normalized spacial score (nSPS) is 25.1. The second-order valence-electron chi connectivity index (χ2n) is 6.66. The minimum absolute atomic E-state index is 0.117. The van der Waals surface area contributed by atoms with E-state index in [1.165, 1.54) is 0 Å². The van der Waals surface area contributed by atoms with E-state index in [1.54, 1.807) is 0 Å². The van der Waals surface area contributed by atoms with Crippen molar-refractivity contribution in [2.75, 3.05) is 33.7 Å². The van der Waals surface area contributed by atoms with Gasteiger partial charge in [-0.2, -0.15) is 0 Å². The third-order valence-electron chi connectivity index (χ3n) is 5.01. The van der Waals surface area contributed by atoms with Gasteiger partial charge in [-0.25, -0.2) is 4.79 Å². The van der Waals surface area contributed by atoms with Crippen LogP contribution in [0.4, 0.5) is 4.79 Å². The van der Waals surface area contributed by atoms with Crippen molar-refractivity contribution in [3.8, 4) is 0 Å². The van der Waals surface area contributed by atoms with Crippen LogP contribution in [0.2, 0.25) is 0 Å². The summed E-state index contributed by atoms with van der Waals surface area (Å²) >= 11 is 0. The molecule has 0 aromatic carbocycles. The number of carboxylic acid groups (broad SMARTS) is 1. The van der Waals surface area contributed by atoms with E-state index in [0.29, 0.717) is 18.9 Å². The lowest BCUT2D eigenvalue weighted by Crippen LogP contribution is -2.52. The quantitative estimate of drug-likeness (QED) is 0.822. The third-order valence-corrected chi connectivity index (χ3v) is 5.01. The molecule has 0 aromatic rings. The van der Waals surface area contributed by atoms with Crippen LogP contribution in [0.1, 0.15) is 38.5 Å². The van der Waals surface area contributed by atoms with Crippen molar-refractivity contribution < 1.29 is 14.7 Å². The highest BCUT2D eigenvalue weighted by Crippen LogP contribution is 2.37. The zero-order valence-electron chi connectivity index (χ0n) is 13.1. The van der Waals surface area contributed by atoms with E-state index in [9.17, 15) is 14.7 Å². The number of aliphatic carboxylic acids is 1. The van der Waals surface area contributed by atoms with Crippen molar-refractivity contribution in [1.29, 1.82) is 0 Å². The topological polar surface area (TPSA) is 72.9 Å². The first-order valence-corrected chi connectivity index (χ1v) is 7.87. The summed E-state index contributed by atoms with van der Waals surface area (Å²) in [6, 6.07) is 0.276. The highest BCUT2D eigenvalue weighted by Gasteiger charge is 2.41. The second kappa shape index (κ2) is 6.64. The average Bonchev–Trinajstić information content (AvgIpc) is 2.95. The standard InChI is InChI=1S/C15H27N3O3/c1-17(2)12-6-5-9-18(10-12)14(21)16-11-15(13(19)20)7-3-4-8-15/h12H,3-11H2,1-2H3,(H,16,21)(H,19,20). The number of carboxylic acids is 1. The van der Waals surface area contributed by atoms with Crippen LogP contribution in [0.15, 0.2) is 0 Å². The van der Waals surface area contributed by atoms with Gasteiger partial charge in [0.05, 0.1) is 5.41 Å². The molecule has 1 atom stereocenters. The van der Waals surface area contributed by atoms with E-state index in [4.69, 9.17) is 0 Å². The monoisotopic (exact) mass is 297 g/mol. The summed E-state index contributed by atoms with van der Waals surface area (Å²) in [6.07, 6.45) is 5.32. The number of likely N-dealkylation sites (tertiary alicyclic amines) is 1. The summed E-state index contributed by atoms with van der Waals surface area (Å²) in [6.45, 7) is 1.74. The van der Waals surface area contributed by atoms with Crippen LogP contribution >= 0.6 is 0 Å². The van der Waals surface area contributed by atoms with Gasteiger partial charge in [0.15, 0.2) is 0 Å². The van der Waals surface area contributed by atoms with E-state index in [1.807, 2.05) is 19.0 Å². The van der Waals surface area contributed by atoms with Gasteiger partial charge < -0.3 is 20.2 Å². The number of nitrogens with zero attached hydrogens (tertiary/aromatic N) is 2. The molecule has 0 aromatic heterocycles. The summed E-state index contributed by atoms with van der Waals surface area (Å²) in [4.78, 5) is 27.7. The Hall–Kier alpha value is -1.30. The Labute approximate surface area is 126 Å². The molecule has 0 radical (unpaired) electrons. The number of carbonyl (C=O) groups excluding carboxylic acids is 1. The molecule has 1 heterocycles. The zero-order valence-corrected chi connectivity index (χ0v) is 13.1. The lowest BCUT2D eigenvalue weighted by atomic mass is 9.86. The molecule has 2 fully saturated rings. The van der Waals surface area contributed by atoms with E-state index in [-0.39, 0.29) is 12.6 Å². The van der Waals surface area contributed by atoms with Crippen LogP contribution in [0.3, 0.4) is 0 Å². The zero-order chi connectivity index (χ0) is 15.5. The number of amides is 2. The first-order chi connectivity index (χ1) is 9.94. The third kappa shape index (κ3) is 3.67. The summed E-state index contributed by atoms with van der Waals surface area (Å²) in [5.41, 5.74) is -0.744. The van der Waals surface area contributed by atoms with Crippen molar-refractivity contribution in [1.82, 2.24) is 15.1 Å². The van der Waals surface area contributed by atoms with Crippen molar-refractivity contribution >= 4 is 12.0 Å². The minimum atomic E-state index is -0.773. The summed E-state index contributed by atoms with van der Waals surface area (Å²) in [7, 11) is 4.06. The highest BCUT2D eigenvalue weighted by atomic mass is 16.4. The Balaban J connectivity index is 1.88. The lowest BCUT2D eigenvalue weighted by Gasteiger charge is -2.36. The predicted octanol–water partition coefficient (Wildman–Crippen LogP) is 1.37. The largest absolute Gasteiger partial charge is 0.481 e. The molecule has 1 aliphatic heterocycles. The summed E-state index contributed by atoms with van der Waals surface area (Å²) < 4.78 is 0. The van der Waals surface area contributed by atoms with Gasteiger partial charge in [-0.15, -0.1) is 0 Å². The maximum Gasteiger partial charge on any atom is 0.317 e. The molecule has 2 N–H and O–H groups in total. The number of hydrogen-bond donors (Lipinski definition) is 2. The molecule has 6 heteroatoms. The molecule has 120 valence electrons. The molecule has 2 aliphatic rings. The fourth-order valence-corrected chi connectivity index (χ4v) is 3.44. The Morgan fingerprint density at radius 3 is 2.52 bits per heavy atom. The molecule has 1 saturated carbocycles. The lowest BCUT2D eigenvalue weighted by molar-refractivity contribution is -0.148. The number of carbonyl (C=O) groups is 2. The molecule has 2 amide bonds. The SMILES string of the molecule is CN(C)C1CCCN(C(=O)NCC2(C(=O)O)CCCC2)C1. The van der Waals surface area contributed by atoms with Crippen molar-refractivity contribution in [2.24, 2.45) is 5.41 Å². The molecule has 6 nitrogen and oxygen atoms in total. The van der Waals surface area contributed by atoms with Gasteiger partial charge in [-0.1, -0.05) is 12.8 Å². The van der Waals surface area contributed by atoms with Gasteiger partial charge in [-0.3, -0.25) is 4.79 Å². The van der Waals surface area contributed by atoms with Crippen LogP contribution in [0, 0.1) is 5.41 Å². The van der Waals surface area contributed by atoms with Crippen LogP contribution in [-0.2, 0) is 4.79 Å². The highest BCUT2D eigenvalue weighted by molar-refractivity contribution is 5.78. The maximum atomic E-state index is 12.3. The van der Waals surface area contributed by atoms with Crippen molar-refractivity contribution in [2.45, 2.75) is 44.6 Å². The van der Waals surface area contributed by atoms with Crippen LogP contribution < -0.4 is 5.32 Å². The van der Waals surface area contributed by atoms with Gasteiger partial charge in [0.2, 0.25) is 0 Å². The molecule has 0 bridgehead atoms. The van der Waals surface area contributed by atoms with Crippen LogP contribution in [0.25, 0.3) is 0 Å². The fraction of sp³-hybridized carbons (Fsp3) is 0.867. The van der Waals surface area contributed by atoms with Crippen LogP contribution in [-0.4, -0.2) is 66.7 Å². The van der Waals surface area contributed by atoms with Gasteiger partial charge in [0.1, 0.15) is 0 Å². The van der Waals surface area contributed by atoms with Crippen molar-refractivity contribution in [3.63, 3.8) is 0 Å². The van der Waals surface area contributed by atoms with Crippen molar-refractivity contribution in [3.05, 3.63) is 0 Å². The molecule has 0 spiro atoms. The van der Waals surface area contributed by atoms with Gasteiger partial charge in [0.25, 0.3) is 0 Å². The molecule has 1 unspecified atom stereocenters. The summed E-state index contributed by atoms with van der Waals surface area (Å²) in [5, 5.41) is 12.3. The number of nitrogens with one attached hydrogen (secondary N) is 1. The molecule has 21 heavy (non-hydrogen) atoms. The van der Waals surface area contributed by atoms with Crippen LogP contribution in [0.5, 0.6) is 0 Å². The Kier molecular flexibility index (Phi) is 5.08. The predicted molar refractivity (Wildman–Crippen MR) is 80.2 cm³/mol. The number of rotatable bonds is 4. The molecule has 1 aliphatic carbocycles. The van der Waals surface area contributed by atoms with E-state index in [2.05, 4.69) is 10.2 Å². The van der Waals surface area contributed by atoms with Gasteiger partial charge in [0, 0.05) is 25.7 Å². The second-order valence-corrected chi connectivity index (χ2v) is 6.66. The van der Waals surface area contributed by atoms with E-state index < -0.39 is 11.4 Å². The average molecular weight is 297 g/mol. The smallest absolute Gasteiger partial charge is 0.317 e. The first-order valence-electron chi connectivity index (χ1n) is 7.87.